The van der Waals surface area contributed by atoms with Crippen molar-refractivity contribution in [2.75, 3.05) is 26.2 Å². The Labute approximate surface area is 119 Å². The van der Waals surface area contributed by atoms with E-state index in [0.717, 1.165) is 19.6 Å². The predicted octanol–water partition coefficient (Wildman–Crippen LogP) is 2.92. The Balaban J connectivity index is 0.00000180. The molecule has 0 N–H and O–H groups in total. The lowest BCUT2D eigenvalue weighted by molar-refractivity contribution is 0.112. The van der Waals surface area contributed by atoms with Gasteiger partial charge in [0.05, 0.1) is 0 Å². The smallest absolute Gasteiger partial charge is 0.165 e. The molecular weight excluding hydrogens is 269 g/mol. The largest absolute Gasteiger partial charge is 0.489 e. The van der Waals surface area contributed by atoms with Crippen LogP contribution < -0.4 is 4.74 Å². The molecule has 1 aromatic rings. The van der Waals surface area contributed by atoms with Crippen molar-refractivity contribution in [3.8, 4) is 5.75 Å². The zero-order chi connectivity index (χ0) is 12.8. The first kappa shape index (κ1) is 15.9. The molecule has 1 aliphatic rings. The van der Waals surface area contributed by atoms with Gasteiger partial charge < -0.3 is 4.74 Å². The lowest BCUT2D eigenvalue weighted by Gasteiger charge is -2.26. The van der Waals surface area contributed by atoms with Crippen molar-refractivity contribution >= 4 is 18.7 Å². The third-order valence-corrected chi connectivity index (χ3v) is 3.21. The average molecular weight is 288 g/mol. The van der Waals surface area contributed by atoms with Crippen molar-refractivity contribution in [1.82, 2.24) is 4.90 Å². The molecule has 5 heteroatoms. The van der Waals surface area contributed by atoms with Gasteiger partial charge in [-0.2, -0.15) is 0 Å². The monoisotopic (exact) mass is 287 g/mol. The summed E-state index contributed by atoms with van der Waals surface area (Å²) in [6.07, 6.45) is 4.41. The number of rotatable bonds is 5. The highest BCUT2D eigenvalue weighted by molar-refractivity contribution is 5.85. The quantitative estimate of drug-likeness (QED) is 0.780. The third-order valence-electron chi connectivity index (χ3n) is 3.21. The number of carbonyl (C=O) groups excluding carboxylic acids is 1. The summed E-state index contributed by atoms with van der Waals surface area (Å²) in [4.78, 5) is 12.8. The maximum absolute atomic E-state index is 13.5. The second kappa shape index (κ2) is 8.12. The van der Waals surface area contributed by atoms with Crippen LogP contribution in [0.2, 0.25) is 0 Å². The number of nitrogens with zero attached hydrogens (tertiary/aromatic N) is 1. The van der Waals surface area contributed by atoms with Crippen molar-refractivity contribution in [3.63, 3.8) is 0 Å². The second-order valence-electron chi connectivity index (χ2n) is 4.56. The van der Waals surface area contributed by atoms with Crippen molar-refractivity contribution < 1.29 is 13.9 Å². The highest BCUT2D eigenvalue weighted by Gasteiger charge is 2.10. The third kappa shape index (κ3) is 4.80. The molecule has 1 aliphatic heterocycles. The second-order valence-corrected chi connectivity index (χ2v) is 4.56. The molecule has 0 atom stereocenters. The maximum Gasteiger partial charge on any atom is 0.165 e. The van der Waals surface area contributed by atoms with E-state index in [1.54, 1.807) is 6.07 Å². The summed E-state index contributed by atoms with van der Waals surface area (Å²) in [5.41, 5.74) is 0.330. The molecular formula is C14H19ClFNO2. The number of halogens is 2. The first-order chi connectivity index (χ1) is 8.79. The molecule has 1 heterocycles. The lowest BCUT2D eigenvalue weighted by Crippen LogP contribution is -2.33. The molecule has 3 nitrogen and oxygen atoms in total. The minimum atomic E-state index is -0.474. The molecule has 1 aromatic carbocycles. The Morgan fingerprint density at radius 1 is 1.26 bits per heavy atom. The Kier molecular flexibility index (Phi) is 6.81. The Morgan fingerprint density at radius 3 is 2.63 bits per heavy atom. The van der Waals surface area contributed by atoms with Crippen LogP contribution in [0.5, 0.6) is 5.75 Å². The standard InChI is InChI=1S/C14H18FNO2.ClH/c15-13-10-12(11-17)4-5-14(13)18-9-8-16-6-2-1-3-7-16;/h4-5,10-11H,1-3,6-9H2;1H. The van der Waals surface area contributed by atoms with E-state index >= 15 is 0 Å². The number of piperidine rings is 1. The fourth-order valence-corrected chi connectivity index (χ4v) is 2.18. The fraction of sp³-hybridized carbons (Fsp3) is 0.500. The SMILES string of the molecule is Cl.O=Cc1ccc(OCCN2CCCCC2)c(F)c1. The molecule has 19 heavy (non-hydrogen) atoms. The van der Waals surface area contributed by atoms with Gasteiger partial charge in [-0.25, -0.2) is 4.39 Å². The highest BCUT2D eigenvalue weighted by atomic mass is 35.5. The van der Waals surface area contributed by atoms with Gasteiger partial charge in [0, 0.05) is 12.1 Å². The maximum atomic E-state index is 13.5. The summed E-state index contributed by atoms with van der Waals surface area (Å²) in [6.45, 7) is 3.53. The zero-order valence-corrected chi connectivity index (χ0v) is 11.6. The number of hydrogen-bond acceptors (Lipinski definition) is 3. The van der Waals surface area contributed by atoms with E-state index in [4.69, 9.17) is 4.74 Å². The molecule has 106 valence electrons. The molecule has 0 aromatic heterocycles. The number of hydrogen-bond donors (Lipinski definition) is 0. The van der Waals surface area contributed by atoms with Gasteiger partial charge in [0.25, 0.3) is 0 Å². The molecule has 0 aliphatic carbocycles. The van der Waals surface area contributed by atoms with Crippen LogP contribution in [0.1, 0.15) is 29.6 Å². The van der Waals surface area contributed by atoms with Crippen LogP contribution in [0.25, 0.3) is 0 Å². The van der Waals surface area contributed by atoms with Crippen molar-refractivity contribution in [1.29, 1.82) is 0 Å². The van der Waals surface area contributed by atoms with E-state index in [9.17, 15) is 9.18 Å². The van der Waals surface area contributed by atoms with Crippen LogP contribution in [-0.2, 0) is 0 Å². The molecule has 0 saturated carbocycles. The molecule has 1 saturated heterocycles. The van der Waals surface area contributed by atoms with Crippen LogP contribution >= 0.6 is 12.4 Å². The van der Waals surface area contributed by atoms with Gasteiger partial charge in [0.15, 0.2) is 11.6 Å². The van der Waals surface area contributed by atoms with Gasteiger partial charge in [0.2, 0.25) is 0 Å². The number of benzene rings is 1. The topological polar surface area (TPSA) is 29.5 Å². The number of likely N-dealkylation sites (tertiary alicyclic amines) is 1. The van der Waals surface area contributed by atoms with E-state index in [-0.39, 0.29) is 18.2 Å². The summed E-state index contributed by atoms with van der Waals surface area (Å²) in [6, 6.07) is 4.27. The summed E-state index contributed by atoms with van der Waals surface area (Å²) in [5.74, 6) is -0.254. The van der Waals surface area contributed by atoms with Crippen molar-refractivity contribution in [2.24, 2.45) is 0 Å². The van der Waals surface area contributed by atoms with E-state index < -0.39 is 5.82 Å². The first-order valence-electron chi connectivity index (χ1n) is 6.39. The van der Waals surface area contributed by atoms with Crippen LogP contribution in [0.4, 0.5) is 4.39 Å². The molecule has 1 fully saturated rings. The fourth-order valence-electron chi connectivity index (χ4n) is 2.18. The van der Waals surface area contributed by atoms with E-state index in [2.05, 4.69) is 4.90 Å². The molecule has 0 amide bonds. The lowest BCUT2D eigenvalue weighted by atomic mass is 10.1. The Bertz CT molecular complexity index is 408. The van der Waals surface area contributed by atoms with Crippen molar-refractivity contribution in [2.45, 2.75) is 19.3 Å². The Hall–Kier alpha value is -1.13. The summed E-state index contributed by atoms with van der Waals surface area (Å²) < 4.78 is 18.9. The number of ether oxygens (including phenoxy) is 1. The molecule has 0 bridgehead atoms. The molecule has 0 spiro atoms. The Morgan fingerprint density at radius 2 is 2.00 bits per heavy atom. The highest BCUT2D eigenvalue weighted by Crippen LogP contribution is 2.17. The zero-order valence-electron chi connectivity index (χ0n) is 10.8. The van der Waals surface area contributed by atoms with E-state index in [1.165, 1.54) is 31.4 Å². The van der Waals surface area contributed by atoms with Gasteiger partial charge in [-0.1, -0.05) is 6.42 Å². The summed E-state index contributed by atoms with van der Waals surface area (Å²) in [5, 5.41) is 0. The first-order valence-corrected chi connectivity index (χ1v) is 6.39. The van der Waals surface area contributed by atoms with Crippen molar-refractivity contribution in [3.05, 3.63) is 29.6 Å². The number of carbonyl (C=O) groups is 1. The normalized spacial score (nSPS) is 15.6. The minimum Gasteiger partial charge on any atom is -0.489 e. The van der Waals surface area contributed by atoms with Crippen LogP contribution in [-0.4, -0.2) is 37.4 Å². The van der Waals surface area contributed by atoms with Gasteiger partial charge in [-0.3, -0.25) is 9.69 Å². The van der Waals surface area contributed by atoms with Crippen LogP contribution in [0.15, 0.2) is 18.2 Å². The van der Waals surface area contributed by atoms with E-state index in [0.29, 0.717) is 18.5 Å². The van der Waals surface area contributed by atoms with Gasteiger partial charge in [0.1, 0.15) is 12.9 Å². The molecule has 2 rings (SSSR count). The van der Waals surface area contributed by atoms with E-state index in [1.807, 2.05) is 0 Å². The van der Waals surface area contributed by atoms with Crippen LogP contribution in [0, 0.1) is 5.82 Å². The summed E-state index contributed by atoms with van der Waals surface area (Å²) >= 11 is 0. The van der Waals surface area contributed by atoms with Crippen LogP contribution in [0.3, 0.4) is 0 Å². The minimum absolute atomic E-state index is 0. The molecule has 0 unspecified atom stereocenters. The number of aldehydes is 1. The predicted molar refractivity (Wildman–Crippen MR) is 74.8 cm³/mol. The molecule has 0 radical (unpaired) electrons. The van der Waals surface area contributed by atoms with Gasteiger partial charge >= 0.3 is 0 Å². The van der Waals surface area contributed by atoms with Gasteiger partial charge in [-0.15, -0.1) is 12.4 Å². The average Bonchev–Trinajstić information content (AvgIpc) is 2.42. The van der Waals surface area contributed by atoms with Gasteiger partial charge in [-0.05, 0) is 44.1 Å². The summed E-state index contributed by atoms with van der Waals surface area (Å²) in [7, 11) is 0.